The Labute approximate surface area is 162 Å². The van der Waals surface area contributed by atoms with E-state index in [2.05, 4.69) is 15.3 Å². The molecule has 0 bridgehead atoms. The standard InChI is InChI=1S/C21H21F3N4/c1-28(2)12-11-25-19-14-18(16-9-6-10-17(13-16)21(22,23)24)26-20(27-19)15-7-4-3-5-8-15/h3-10,13-14H,11-12H2,1-2H3,(H,25,26,27). The van der Waals surface area contributed by atoms with E-state index in [9.17, 15) is 13.2 Å². The van der Waals surface area contributed by atoms with Crippen LogP contribution in [0.1, 0.15) is 5.56 Å². The summed E-state index contributed by atoms with van der Waals surface area (Å²) in [5, 5.41) is 3.23. The lowest BCUT2D eigenvalue weighted by Gasteiger charge is -2.14. The van der Waals surface area contributed by atoms with Crippen LogP contribution < -0.4 is 5.32 Å². The van der Waals surface area contributed by atoms with Crippen molar-refractivity contribution < 1.29 is 13.2 Å². The Morgan fingerprint density at radius 3 is 2.29 bits per heavy atom. The predicted molar refractivity (Wildman–Crippen MR) is 105 cm³/mol. The summed E-state index contributed by atoms with van der Waals surface area (Å²) in [7, 11) is 3.93. The highest BCUT2D eigenvalue weighted by Gasteiger charge is 2.30. The predicted octanol–water partition coefficient (Wildman–Crippen LogP) is 4.80. The third-order valence-corrected chi connectivity index (χ3v) is 4.11. The van der Waals surface area contributed by atoms with Crippen molar-refractivity contribution in [3.8, 4) is 22.6 Å². The Bertz CT molecular complexity index is 924. The Hall–Kier alpha value is -2.93. The first-order valence-corrected chi connectivity index (χ1v) is 8.83. The van der Waals surface area contributed by atoms with Crippen LogP contribution in [0.5, 0.6) is 0 Å². The molecule has 0 unspecified atom stereocenters. The molecule has 4 nitrogen and oxygen atoms in total. The number of alkyl halides is 3. The molecule has 0 aliphatic rings. The molecule has 3 aromatic rings. The van der Waals surface area contributed by atoms with Crippen molar-refractivity contribution >= 4 is 5.82 Å². The lowest BCUT2D eigenvalue weighted by molar-refractivity contribution is -0.137. The molecule has 0 spiro atoms. The van der Waals surface area contributed by atoms with E-state index in [-0.39, 0.29) is 0 Å². The zero-order chi connectivity index (χ0) is 20.1. The number of likely N-dealkylation sites (N-methyl/N-ethyl adjacent to an activating group) is 1. The van der Waals surface area contributed by atoms with E-state index in [1.54, 1.807) is 12.1 Å². The van der Waals surface area contributed by atoms with Crippen molar-refractivity contribution in [1.82, 2.24) is 14.9 Å². The van der Waals surface area contributed by atoms with Crippen LogP contribution in [-0.4, -0.2) is 42.1 Å². The highest BCUT2D eigenvalue weighted by Crippen LogP contribution is 2.32. The van der Waals surface area contributed by atoms with Crippen molar-refractivity contribution in [1.29, 1.82) is 0 Å². The Morgan fingerprint density at radius 2 is 1.61 bits per heavy atom. The number of nitrogens with one attached hydrogen (secondary N) is 1. The van der Waals surface area contributed by atoms with Crippen LogP contribution in [0.25, 0.3) is 22.6 Å². The molecule has 1 N–H and O–H groups in total. The van der Waals surface area contributed by atoms with Crippen molar-refractivity contribution in [3.05, 3.63) is 66.2 Å². The van der Waals surface area contributed by atoms with Gasteiger partial charge in [0.15, 0.2) is 5.82 Å². The van der Waals surface area contributed by atoms with Gasteiger partial charge in [-0.3, -0.25) is 0 Å². The molecule has 1 aromatic heterocycles. The largest absolute Gasteiger partial charge is 0.416 e. The summed E-state index contributed by atoms with van der Waals surface area (Å²) in [6.07, 6.45) is -4.40. The summed E-state index contributed by atoms with van der Waals surface area (Å²) in [6.45, 7) is 1.45. The summed E-state index contributed by atoms with van der Waals surface area (Å²) in [4.78, 5) is 11.1. The van der Waals surface area contributed by atoms with Gasteiger partial charge in [-0.2, -0.15) is 13.2 Å². The van der Waals surface area contributed by atoms with Gasteiger partial charge in [-0.1, -0.05) is 42.5 Å². The van der Waals surface area contributed by atoms with E-state index >= 15 is 0 Å². The van der Waals surface area contributed by atoms with Crippen LogP contribution in [0.3, 0.4) is 0 Å². The maximum Gasteiger partial charge on any atom is 0.416 e. The van der Waals surface area contributed by atoms with Gasteiger partial charge in [0.05, 0.1) is 11.3 Å². The molecule has 2 aromatic carbocycles. The second-order valence-electron chi connectivity index (χ2n) is 6.64. The highest BCUT2D eigenvalue weighted by atomic mass is 19.4. The summed E-state index contributed by atoms with van der Waals surface area (Å²) in [5.74, 6) is 1.03. The molecule has 0 radical (unpaired) electrons. The summed E-state index contributed by atoms with van der Waals surface area (Å²) < 4.78 is 39.3. The molecule has 0 saturated heterocycles. The molecule has 0 aliphatic carbocycles. The minimum atomic E-state index is -4.40. The third-order valence-electron chi connectivity index (χ3n) is 4.11. The summed E-state index contributed by atoms with van der Waals surface area (Å²) in [5.41, 5.74) is 0.927. The molecule has 0 saturated carbocycles. The molecule has 0 aliphatic heterocycles. The minimum absolute atomic E-state index is 0.394. The lowest BCUT2D eigenvalue weighted by atomic mass is 10.1. The number of nitrogens with zero attached hydrogens (tertiary/aromatic N) is 3. The zero-order valence-electron chi connectivity index (χ0n) is 15.7. The summed E-state index contributed by atoms with van der Waals surface area (Å²) in [6, 6.07) is 16.2. The first-order valence-electron chi connectivity index (χ1n) is 8.83. The van der Waals surface area contributed by atoms with Gasteiger partial charge < -0.3 is 10.2 Å². The van der Waals surface area contributed by atoms with E-state index in [4.69, 9.17) is 0 Å². The highest BCUT2D eigenvalue weighted by molar-refractivity contribution is 5.68. The topological polar surface area (TPSA) is 41.0 Å². The fraction of sp³-hybridized carbons (Fsp3) is 0.238. The van der Waals surface area contributed by atoms with Crippen LogP contribution in [0.2, 0.25) is 0 Å². The SMILES string of the molecule is CN(C)CCNc1cc(-c2cccc(C(F)(F)F)c2)nc(-c2ccccc2)n1. The minimum Gasteiger partial charge on any atom is -0.369 e. The quantitative estimate of drug-likeness (QED) is 0.661. The van der Waals surface area contributed by atoms with Crippen molar-refractivity contribution in [2.24, 2.45) is 0 Å². The average Bonchev–Trinajstić information content (AvgIpc) is 2.68. The maximum atomic E-state index is 13.1. The zero-order valence-corrected chi connectivity index (χ0v) is 15.7. The number of aromatic nitrogens is 2. The van der Waals surface area contributed by atoms with Crippen molar-refractivity contribution in [2.75, 3.05) is 32.5 Å². The van der Waals surface area contributed by atoms with Gasteiger partial charge in [0, 0.05) is 30.3 Å². The van der Waals surface area contributed by atoms with E-state index in [1.165, 1.54) is 6.07 Å². The number of rotatable bonds is 6. The third kappa shape index (κ3) is 5.07. The van der Waals surface area contributed by atoms with Crippen LogP contribution in [0, 0.1) is 0 Å². The number of anilines is 1. The smallest absolute Gasteiger partial charge is 0.369 e. The monoisotopic (exact) mass is 386 g/mol. The fourth-order valence-corrected chi connectivity index (χ4v) is 2.66. The van der Waals surface area contributed by atoms with Gasteiger partial charge in [-0.15, -0.1) is 0 Å². The van der Waals surface area contributed by atoms with Gasteiger partial charge in [0.1, 0.15) is 5.82 Å². The van der Waals surface area contributed by atoms with Crippen LogP contribution >= 0.6 is 0 Å². The summed E-state index contributed by atoms with van der Waals surface area (Å²) >= 11 is 0. The molecule has 3 rings (SSSR count). The number of hydrogen-bond donors (Lipinski definition) is 1. The average molecular weight is 386 g/mol. The normalized spacial score (nSPS) is 11.6. The molecule has 7 heteroatoms. The van der Waals surface area contributed by atoms with Gasteiger partial charge in [-0.05, 0) is 26.2 Å². The van der Waals surface area contributed by atoms with E-state index in [1.807, 2.05) is 49.3 Å². The fourth-order valence-electron chi connectivity index (χ4n) is 2.66. The molecular formula is C21H21F3N4. The number of benzene rings is 2. The maximum absolute atomic E-state index is 13.1. The lowest BCUT2D eigenvalue weighted by Crippen LogP contribution is -2.21. The van der Waals surface area contributed by atoms with Crippen molar-refractivity contribution in [3.63, 3.8) is 0 Å². The molecule has 146 valence electrons. The van der Waals surface area contributed by atoms with E-state index < -0.39 is 11.7 Å². The first-order chi connectivity index (χ1) is 13.3. The second-order valence-corrected chi connectivity index (χ2v) is 6.64. The van der Waals surface area contributed by atoms with Crippen LogP contribution in [-0.2, 0) is 6.18 Å². The Morgan fingerprint density at radius 1 is 0.893 bits per heavy atom. The van der Waals surface area contributed by atoms with Gasteiger partial charge in [-0.25, -0.2) is 9.97 Å². The van der Waals surface area contributed by atoms with E-state index in [0.29, 0.717) is 29.4 Å². The Balaban J connectivity index is 2.02. The Kier molecular flexibility index (Phi) is 5.94. The molecule has 0 fully saturated rings. The van der Waals surface area contributed by atoms with Crippen LogP contribution in [0.4, 0.5) is 19.0 Å². The van der Waals surface area contributed by atoms with Gasteiger partial charge >= 0.3 is 6.18 Å². The molecule has 28 heavy (non-hydrogen) atoms. The second kappa shape index (κ2) is 8.39. The molecule has 0 atom stereocenters. The molecular weight excluding hydrogens is 365 g/mol. The number of halogens is 3. The number of hydrogen-bond acceptors (Lipinski definition) is 4. The van der Waals surface area contributed by atoms with Crippen LogP contribution in [0.15, 0.2) is 60.7 Å². The van der Waals surface area contributed by atoms with Crippen molar-refractivity contribution in [2.45, 2.75) is 6.18 Å². The van der Waals surface area contributed by atoms with Gasteiger partial charge in [0.2, 0.25) is 0 Å². The van der Waals surface area contributed by atoms with Gasteiger partial charge in [0.25, 0.3) is 0 Å². The molecule has 1 heterocycles. The molecule has 0 amide bonds. The first kappa shape index (κ1) is 19.8. The van der Waals surface area contributed by atoms with E-state index in [0.717, 1.165) is 24.2 Å².